The van der Waals surface area contributed by atoms with Gasteiger partial charge in [0.25, 0.3) is 11.5 Å². The van der Waals surface area contributed by atoms with Crippen LogP contribution in [0.1, 0.15) is 5.56 Å². The summed E-state index contributed by atoms with van der Waals surface area (Å²) in [5, 5.41) is 3.48. The van der Waals surface area contributed by atoms with E-state index in [-0.39, 0.29) is 18.1 Å². The lowest BCUT2D eigenvalue weighted by Gasteiger charge is -2.23. The zero-order valence-electron chi connectivity index (χ0n) is 20.6. The van der Waals surface area contributed by atoms with E-state index < -0.39 is 11.0 Å². The number of hydrogen-bond acceptors (Lipinski definition) is 5. The van der Waals surface area contributed by atoms with E-state index in [1.807, 2.05) is 55.5 Å². The lowest BCUT2D eigenvalue weighted by Crippen LogP contribution is -2.25. The van der Waals surface area contributed by atoms with Gasteiger partial charge in [0.15, 0.2) is 23.3 Å². The van der Waals surface area contributed by atoms with E-state index in [1.165, 1.54) is 8.54 Å². The number of benzene rings is 3. The lowest BCUT2D eigenvalue weighted by molar-refractivity contribution is -0.118. The topological polar surface area (TPSA) is 91.6 Å². The molecular formula is C29H23N3O5S. The second-order valence-corrected chi connectivity index (χ2v) is 10.4. The summed E-state index contributed by atoms with van der Waals surface area (Å²) in [5.74, 6) is 1.14. The molecule has 0 saturated carbocycles. The molecule has 0 fully saturated rings. The number of rotatable bonds is 5. The molecule has 0 bridgehead atoms. The number of para-hydroxylation sites is 1. The standard InChI is InChI=1S/C29H23N3O5S/c1-18-8-10-20(11-9-18)38(35)32-15-14-21-23(16-31(2)29(34)27(21)32)22-12-13-24-26(30-25(33)17-36-24)28(22)37-19-6-4-3-5-7-19/h3-16H,17H2,1-2H3,(H,30,33). The van der Waals surface area contributed by atoms with Gasteiger partial charge < -0.3 is 19.4 Å². The first-order chi connectivity index (χ1) is 18.4. The van der Waals surface area contributed by atoms with Crippen LogP contribution in [0.2, 0.25) is 0 Å². The van der Waals surface area contributed by atoms with Crippen molar-refractivity contribution in [2.75, 3.05) is 11.9 Å². The first-order valence-corrected chi connectivity index (χ1v) is 13.0. The summed E-state index contributed by atoms with van der Waals surface area (Å²) in [5.41, 5.74) is 2.79. The maximum atomic E-state index is 13.5. The molecule has 38 heavy (non-hydrogen) atoms. The Morgan fingerprint density at radius 1 is 0.947 bits per heavy atom. The van der Waals surface area contributed by atoms with Crippen molar-refractivity contribution in [1.82, 2.24) is 8.54 Å². The number of amides is 1. The van der Waals surface area contributed by atoms with E-state index in [9.17, 15) is 13.8 Å². The number of pyridine rings is 1. The van der Waals surface area contributed by atoms with E-state index >= 15 is 0 Å². The van der Waals surface area contributed by atoms with Crippen molar-refractivity contribution < 1.29 is 18.5 Å². The molecule has 1 aliphatic heterocycles. The Morgan fingerprint density at radius 3 is 2.47 bits per heavy atom. The molecule has 1 atom stereocenters. The van der Waals surface area contributed by atoms with Crippen LogP contribution in [0.25, 0.3) is 22.0 Å². The number of nitrogens with one attached hydrogen (secondary N) is 1. The predicted molar refractivity (Wildman–Crippen MR) is 146 cm³/mol. The number of fused-ring (bicyclic) bond motifs is 2. The van der Waals surface area contributed by atoms with Crippen molar-refractivity contribution in [3.63, 3.8) is 0 Å². The summed E-state index contributed by atoms with van der Waals surface area (Å²) in [4.78, 5) is 26.2. The molecule has 0 saturated heterocycles. The first kappa shape index (κ1) is 23.7. The van der Waals surface area contributed by atoms with Gasteiger partial charge in [-0.2, -0.15) is 0 Å². The van der Waals surface area contributed by atoms with Crippen molar-refractivity contribution in [2.24, 2.45) is 7.05 Å². The number of aromatic nitrogens is 2. The molecule has 5 aromatic rings. The third kappa shape index (κ3) is 4.06. The molecule has 0 aliphatic carbocycles. The summed E-state index contributed by atoms with van der Waals surface area (Å²) in [6, 6.07) is 22.0. The smallest absolute Gasteiger partial charge is 0.275 e. The fourth-order valence-corrected chi connectivity index (χ4v) is 5.61. The molecule has 0 spiro atoms. The minimum Gasteiger partial charge on any atom is -0.481 e. The lowest BCUT2D eigenvalue weighted by atomic mass is 10.0. The highest BCUT2D eigenvalue weighted by atomic mass is 32.2. The van der Waals surface area contributed by atoms with E-state index in [2.05, 4.69) is 5.32 Å². The summed E-state index contributed by atoms with van der Waals surface area (Å²) in [6.45, 7) is 1.87. The Balaban J connectivity index is 1.58. The molecule has 3 aromatic carbocycles. The summed E-state index contributed by atoms with van der Waals surface area (Å²) in [6.07, 6.45) is 3.38. The zero-order chi connectivity index (χ0) is 26.4. The van der Waals surface area contributed by atoms with Crippen molar-refractivity contribution in [1.29, 1.82) is 0 Å². The fourth-order valence-electron chi connectivity index (χ4n) is 4.50. The number of aryl methyl sites for hydroxylation is 2. The van der Waals surface area contributed by atoms with Gasteiger partial charge in [-0.15, -0.1) is 0 Å². The minimum atomic E-state index is -1.63. The maximum absolute atomic E-state index is 13.5. The third-order valence-corrected chi connectivity index (χ3v) is 7.72. The maximum Gasteiger partial charge on any atom is 0.275 e. The van der Waals surface area contributed by atoms with Crippen molar-refractivity contribution in [3.8, 4) is 28.4 Å². The molecule has 1 aliphatic rings. The predicted octanol–water partition coefficient (Wildman–Crippen LogP) is 5.01. The van der Waals surface area contributed by atoms with Gasteiger partial charge in [0.05, 0.1) is 4.90 Å². The SMILES string of the molecule is Cc1ccc(S(=O)n2ccc3c(-c4ccc5c(c4Oc4ccccc4)NC(=O)CO5)cn(C)c(=O)c32)cc1. The monoisotopic (exact) mass is 525 g/mol. The zero-order valence-corrected chi connectivity index (χ0v) is 21.5. The molecule has 8 nitrogen and oxygen atoms in total. The van der Waals surface area contributed by atoms with Crippen LogP contribution in [0, 0.1) is 6.92 Å². The van der Waals surface area contributed by atoms with Crippen molar-refractivity contribution in [3.05, 3.63) is 101 Å². The Morgan fingerprint density at radius 2 is 1.71 bits per heavy atom. The van der Waals surface area contributed by atoms with E-state index in [0.29, 0.717) is 49.9 Å². The highest BCUT2D eigenvalue weighted by molar-refractivity contribution is 7.83. The Bertz CT molecular complexity index is 1790. The van der Waals surface area contributed by atoms with E-state index in [4.69, 9.17) is 9.47 Å². The Hall–Kier alpha value is -4.63. The molecule has 1 amide bonds. The minimum absolute atomic E-state index is 0.0884. The van der Waals surface area contributed by atoms with Crippen LogP contribution in [0.3, 0.4) is 0 Å². The molecule has 1 N–H and O–H groups in total. The average Bonchev–Trinajstić information content (AvgIpc) is 3.37. The average molecular weight is 526 g/mol. The quantitative estimate of drug-likeness (QED) is 0.348. The fraction of sp³-hybridized carbons (Fsp3) is 0.103. The highest BCUT2D eigenvalue weighted by Crippen LogP contribution is 2.47. The summed E-state index contributed by atoms with van der Waals surface area (Å²) < 4.78 is 28.4. The summed E-state index contributed by atoms with van der Waals surface area (Å²) >= 11 is 0. The molecule has 0 radical (unpaired) electrons. The van der Waals surface area contributed by atoms with Crippen LogP contribution in [0.15, 0.2) is 94.9 Å². The van der Waals surface area contributed by atoms with E-state index in [0.717, 1.165) is 5.56 Å². The van der Waals surface area contributed by atoms with Gasteiger partial charge in [0.2, 0.25) is 0 Å². The third-order valence-electron chi connectivity index (χ3n) is 6.39. The van der Waals surface area contributed by atoms with E-state index in [1.54, 1.807) is 43.7 Å². The van der Waals surface area contributed by atoms with Gasteiger partial charge in [-0.25, -0.2) is 4.21 Å². The van der Waals surface area contributed by atoms with Crippen LogP contribution < -0.4 is 20.3 Å². The first-order valence-electron chi connectivity index (χ1n) is 11.9. The molecule has 3 heterocycles. The van der Waals surface area contributed by atoms with Crippen molar-refractivity contribution >= 4 is 33.5 Å². The van der Waals surface area contributed by atoms with Crippen LogP contribution in [-0.4, -0.2) is 25.3 Å². The van der Waals surface area contributed by atoms with Crippen molar-refractivity contribution in [2.45, 2.75) is 11.8 Å². The Kier molecular flexibility index (Phi) is 5.84. The largest absolute Gasteiger partial charge is 0.481 e. The number of anilines is 1. The molecule has 190 valence electrons. The van der Waals surface area contributed by atoms with Crippen LogP contribution >= 0.6 is 0 Å². The second-order valence-electron chi connectivity index (χ2n) is 8.99. The molecule has 9 heteroatoms. The van der Waals surface area contributed by atoms with Gasteiger partial charge in [-0.05, 0) is 49.4 Å². The van der Waals surface area contributed by atoms with Gasteiger partial charge in [0.1, 0.15) is 22.7 Å². The number of carbonyl (C=O) groups is 1. The molecule has 6 rings (SSSR count). The molecule has 1 unspecified atom stereocenters. The van der Waals surface area contributed by atoms with Crippen LogP contribution in [0.4, 0.5) is 5.69 Å². The second kappa shape index (κ2) is 9.35. The molecule has 2 aromatic heterocycles. The van der Waals surface area contributed by atoms with Gasteiger partial charge in [0, 0.05) is 36.0 Å². The van der Waals surface area contributed by atoms with Crippen LogP contribution in [0.5, 0.6) is 17.2 Å². The van der Waals surface area contributed by atoms with Gasteiger partial charge >= 0.3 is 0 Å². The van der Waals surface area contributed by atoms with Gasteiger partial charge in [-0.1, -0.05) is 35.9 Å². The van der Waals surface area contributed by atoms with Gasteiger partial charge in [-0.3, -0.25) is 13.6 Å². The number of carbonyl (C=O) groups excluding carboxylic acids is 1. The highest BCUT2D eigenvalue weighted by Gasteiger charge is 2.26. The normalized spacial score (nSPS) is 13.5. The Labute approximate surface area is 220 Å². The number of nitrogens with zero attached hydrogens (tertiary/aromatic N) is 2. The summed E-state index contributed by atoms with van der Waals surface area (Å²) in [7, 11) is 0.0210. The van der Waals surface area contributed by atoms with Crippen LogP contribution in [-0.2, 0) is 22.8 Å². The number of hydrogen-bond donors (Lipinski definition) is 1. The number of ether oxygens (including phenoxy) is 2. The molecular weight excluding hydrogens is 502 g/mol.